The van der Waals surface area contributed by atoms with Crippen molar-refractivity contribution in [2.45, 2.75) is 16.8 Å². The number of aromatic nitrogens is 2. The van der Waals surface area contributed by atoms with E-state index in [0.29, 0.717) is 15.1 Å². The van der Waals surface area contributed by atoms with Crippen molar-refractivity contribution < 1.29 is 22.7 Å². The first-order valence-electron chi connectivity index (χ1n) is 10.2. The first-order chi connectivity index (χ1) is 16.3. The third-order valence-corrected chi connectivity index (χ3v) is 9.36. The molecule has 176 valence electrons. The summed E-state index contributed by atoms with van der Waals surface area (Å²) in [5.41, 5.74) is 1.62. The largest absolute Gasteiger partial charge is 0.468 e. The number of pyridine rings is 1. The van der Waals surface area contributed by atoms with E-state index in [1.54, 1.807) is 30.6 Å². The van der Waals surface area contributed by atoms with Crippen LogP contribution in [0.4, 0.5) is 0 Å². The number of rotatable bonds is 5. The zero-order chi connectivity index (χ0) is 24.0. The van der Waals surface area contributed by atoms with Gasteiger partial charge in [-0.15, -0.1) is 11.3 Å². The van der Waals surface area contributed by atoms with Crippen molar-refractivity contribution >= 4 is 65.8 Å². The summed E-state index contributed by atoms with van der Waals surface area (Å²) in [6, 6.07) is 9.12. The SMILES string of the molecule is COC(=O)C1CN(Cc2cc3cnccc3[nH]2)C(=O)CN1S(=O)(=O)c1cc2ccc(Cl)cc2s1. The van der Waals surface area contributed by atoms with Crippen LogP contribution in [-0.4, -0.2) is 65.7 Å². The molecule has 3 aromatic heterocycles. The fourth-order valence-electron chi connectivity index (χ4n) is 4.02. The lowest BCUT2D eigenvalue weighted by atomic mass is 10.2. The van der Waals surface area contributed by atoms with Gasteiger partial charge in [0.1, 0.15) is 10.3 Å². The summed E-state index contributed by atoms with van der Waals surface area (Å²) in [5.74, 6) is -1.14. The van der Waals surface area contributed by atoms with Gasteiger partial charge in [0.25, 0.3) is 10.0 Å². The van der Waals surface area contributed by atoms with Crippen LogP contribution >= 0.6 is 22.9 Å². The van der Waals surface area contributed by atoms with Crippen LogP contribution in [0.25, 0.3) is 21.0 Å². The van der Waals surface area contributed by atoms with Gasteiger partial charge in [-0.05, 0) is 35.7 Å². The van der Waals surface area contributed by atoms with Crippen LogP contribution in [0.3, 0.4) is 0 Å². The summed E-state index contributed by atoms with van der Waals surface area (Å²) in [6.07, 6.45) is 3.36. The average Bonchev–Trinajstić information content (AvgIpc) is 3.43. The van der Waals surface area contributed by atoms with Crippen molar-refractivity contribution in [2.24, 2.45) is 0 Å². The molecule has 1 atom stereocenters. The van der Waals surface area contributed by atoms with Crippen LogP contribution in [0.2, 0.25) is 5.02 Å². The third kappa shape index (κ3) is 4.05. The highest BCUT2D eigenvalue weighted by Gasteiger charge is 2.44. The minimum atomic E-state index is -4.15. The van der Waals surface area contributed by atoms with Gasteiger partial charge >= 0.3 is 5.97 Å². The van der Waals surface area contributed by atoms with E-state index in [1.807, 2.05) is 12.1 Å². The maximum Gasteiger partial charge on any atom is 0.326 e. The topological polar surface area (TPSA) is 113 Å². The predicted octanol–water partition coefficient (Wildman–Crippen LogP) is 3.01. The number of ether oxygens (including phenoxy) is 1. The van der Waals surface area contributed by atoms with Crippen LogP contribution in [0.5, 0.6) is 0 Å². The molecule has 1 amide bonds. The number of esters is 1. The van der Waals surface area contributed by atoms with Crippen LogP contribution in [0, 0.1) is 0 Å². The first-order valence-corrected chi connectivity index (χ1v) is 12.9. The lowest BCUT2D eigenvalue weighted by Gasteiger charge is -2.38. The Kier molecular flexibility index (Phi) is 5.80. The Bertz CT molecular complexity index is 1500. The van der Waals surface area contributed by atoms with Crippen LogP contribution in [0.15, 0.2) is 53.0 Å². The van der Waals surface area contributed by atoms with Gasteiger partial charge in [-0.3, -0.25) is 14.6 Å². The number of thiophene rings is 1. The number of piperazine rings is 1. The van der Waals surface area contributed by atoms with E-state index >= 15 is 0 Å². The highest BCUT2D eigenvalue weighted by atomic mass is 35.5. The normalized spacial score (nSPS) is 17.5. The summed E-state index contributed by atoms with van der Waals surface area (Å²) < 4.78 is 33.6. The van der Waals surface area contributed by atoms with Crippen molar-refractivity contribution in [1.29, 1.82) is 0 Å². The van der Waals surface area contributed by atoms with Gasteiger partial charge in [0.05, 0.1) is 20.2 Å². The molecule has 0 aliphatic carbocycles. The molecule has 0 saturated carbocycles. The smallest absolute Gasteiger partial charge is 0.326 e. The number of nitrogens with zero attached hydrogens (tertiary/aromatic N) is 3. The highest BCUT2D eigenvalue weighted by molar-refractivity contribution is 7.91. The summed E-state index contributed by atoms with van der Waals surface area (Å²) >= 11 is 7.07. The van der Waals surface area contributed by atoms with Crippen molar-refractivity contribution in [3.05, 3.63) is 59.5 Å². The molecule has 1 N–H and O–H groups in total. The maximum atomic E-state index is 13.5. The Morgan fingerprint density at radius 1 is 1.26 bits per heavy atom. The number of nitrogens with one attached hydrogen (secondary N) is 1. The van der Waals surface area contributed by atoms with Gasteiger partial charge < -0.3 is 14.6 Å². The summed E-state index contributed by atoms with van der Waals surface area (Å²) in [7, 11) is -2.95. The van der Waals surface area contributed by atoms with E-state index < -0.39 is 34.5 Å². The molecule has 1 aliphatic heterocycles. The lowest BCUT2D eigenvalue weighted by Crippen LogP contribution is -2.60. The molecule has 9 nitrogen and oxygen atoms in total. The second kappa shape index (κ2) is 8.66. The minimum Gasteiger partial charge on any atom is -0.468 e. The van der Waals surface area contributed by atoms with E-state index in [2.05, 4.69) is 9.97 Å². The minimum absolute atomic E-state index is 0.0306. The van der Waals surface area contributed by atoms with E-state index in [0.717, 1.165) is 32.2 Å². The van der Waals surface area contributed by atoms with Crippen LogP contribution < -0.4 is 0 Å². The fourth-order valence-corrected chi connectivity index (χ4v) is 7.35. The number of sulfonamides is 1. The van der Waals surface area contributed by atoms with Gasteiger partial charge in [-0.1, -0.05) is 17.7 Å². The molecule has 4 aromatic rings. The molecule has 1 aliphatic rings. The molecular weight excluding hydrogens is 500 g/mol. The molecule has 0 radical (unpaired) electrons. The number of methoxy groups -OCH3 is 1. The predicted molar refractivity (Wildman–Crippen MR) is 128 cm³/mol. The zero-order valence-electron chi connectivity index (χ0n) is 17.9. The molecule has 12 heteroatoms. The number of hydrogen-bond donors (Lipinski definition) is 1. The van der Waals surface area contributed by atoms with Gasteiger partial charge in [-0.25, -0.2) is 8.42 Å². The Morgan fingerprint density at radius 3 is 2.85 bits per heavy atom. The number of halogens is 1. The molecule has 1 fully saturated rings. The monoisotopic (exact) mass is 518 g/mol. The molecule has 0 spiro atoms. The van der Waals surface area contributed by atoms with Gasteiger partial charge in [-0.2, -0.15) is 4.31 Å². The van der Waals surface area contributed by atoms with Gasteiger partial charge in [0.2, 0.25) is 5.91 Å². The number of fused-ring (bicyclic) bond motifs is 2. The molecule has 1 saturated heterocycles. The molecule has 34 heavy (non-hydrogen) atoms. The first kappa shape index (κ1) is 22.8. The van der Waals surface area contributed by atoms with E-state index in [1.165, 1.54) is 18.1 Å². The molecular formula is C22H19ClN4O5S2. The van der Waals surface area contributed by atoms with E-state index in [4.69, 9.17) is 16.3 Å². The average molecular weight is 519 g/mol. The second-order valence-corrected chi connectivity index (χ2v) is 11.5. The number of H-pyrrole nitrogens is 1. The Hall–Kier alpha value is -2.99. The molecule has 1 aromatic carbocycles. The molecule has 5 rings (SSSR count). The maximum absolute atomic E-state index is 13.5. The van der Waals surface area contributed by atoms with Crippen molar-refractivity contribution in [2.75, 3.05) is 20.2 Å². The highest BCUT2D eigenvalue weighted by Crippen LogP contribution is 2.34. The van der Waals surface area contributed by atoms with Crippen molar-refractivity contribution in [3.8, 4) is 0 Å². The standard InChI is InChI=1S/C22H19ClN4O5S2/c1-32-22(29)18-11-26(10-16-6-14-9-24-5-4-17(14)25-16)20(28)12-27(18)34(30,31)21-7-13-2-3-15(23)8-19(13)33-21/h2-9,18,25H,10-12H2,1H3. The zero-order valence-corrected chi connectivity index (χ0v) is 20.3. The number of aromatic amines is 1. The van der Waals surface area contributed by atoms with Gasteiger partial charge in [0, 0.05) is 45.3 Å². The van der Waals surface area contributed by atoms with Crippen LogP contribution in [0.1, 0.15) is 5.69 Å². The van der Waals surface area contributed by atoms with Crippen LogP contribution in [-0.2, 0) is 30.9 Å². The number of hydrogen-bond acceptors (Lipinski definition) is 7. The second-order valence-electron chi connectivity index (χ2n) is 7.87. The molecule has 1 unspecified atom stereocenters. The van der Waals surface area contributed by atoms with Crippen molar-refractivity contribution in [1.82, 2.24) is 19.2 Å². The number of amides is 1. The number of benzene rings is 1. The summed E-state index contributed by atoms with van der Waals surface area (Å²) in [6.45, 7) is -0.412. The van der Waals surface area contributed by atoms with Gasteiger partial charge in [0.15, 0.2) is 0 Å². The van der Waals surface area contributed by atoms with E-state index in [9.17, 15) is 18.0 Å². The number of carbonyl (C=O) groups is 2. The Balaban J connectivity index is 1.45. The lowest BCUT2D eigenvalue weighted by molar-refractivity contribution is -0.151. The Labute approximate surface area is 203 Å². The summed E-state index contributed by atoms with van der Waals surface area (Å²) in [4.78, 5) is 34.4. The Morgan fingerprint density at radius 2 is 2.09 bits per heavy atom. The molecule has 4 heterocycles. The number of carbonyl (C=O) groups excluding carboxylic acids is 2. The fraction of sp³-hybridized carbons (Fsp3) is 0.227. The third-order valence-electron chi connectivity index (χ3n) is 5.72. The van der Waals surface area contributed by atoms with Crippen molar-refractivity contribution in [3.63, 3.8) is 0 Å². The quantitative estimate of drug-likeness (QED) is 0.406. The summed E-state index contributed by atoms with van der Waals surface area (Å²) in [5, 5.41) is 2.09. The van der Waals surface area contributed by atoms with E-state index in [-0.39, 0.29) is 17.3 Å². The molecule has 0 bridgehead atoms.